The monoisotopic (exact) mass is 252 g/mol. The van der Waals surface area contributed by atoms with Crippen molar-refractivity contribution < 1.29 is 4.12 Å². The van der Waals surface area contributed by atoms with E-state index in [4.69, 9.17) is 4.12 Å². The summed E-state index contributed by atoms with van der Waals surface area (Å²) in [6.45, 7) is 11.5. The normalized spacial score (nSPS) is 15.8. The van der Waals surface area contributed by atoms with Gasteiger partial charge in [0.25, 0.3) is 0 Å². The molecule has 0 spiro atoms. The molecule has 1 aromatic carbocycles. The zero-order valence-electron chi connectivity index (χ0n) is 11.2. The Hall–Kier alpha value is -0.386. The largest absolute Gasteiger partial charge is 0.458 e. The fourth-order valence-corrected chi connectivity index (χ4v) is 8.55. The molecule has 0 aromatic heterocycles. The molecule has 1 rings (SSSR count). The van der Waals surface area contributed by atoms with E-state index in [-0.39, 0.29) is 0 Å². The Bertz CT molecular complexity index is 305. The SMILES string of the molecule is CC(C[SiH](C)O[Si](C)(C)C)c1ccccc1. The maximum atomic E-state index is 6.21. The van der Waals surface area contributed by atoms with Gasteiger partial charge in [-0.15, -0.1) is 0 Å². The van der Waals surface area contributed by atoms with Crippen molar-refractivity contribution in [3.63, 3.8) is 0 Å². The Labute approximate surface area is 103 Å². The van der Waals surface area contributed by atoms with Crippen LogP contribution in [0.5, 0.6) is 0 Å². The standard InChI is InChI=1S/C13H24OSi2/c1-12(13-9-7-6-8-10-13)11-15(2)14-16(3,4)5/h6-10,12,15H,11H2,1-5H3. The minimum Gasteiger partial charge on any atom is -0.458 e. The second kappa shape index (κ2) is 5.80. The summed E-state index contributed by atoms with van der Waals surface area (Å²) >= 11 is 0. The summed E-state index contributed by atoms with van der Waals surface area (Å²) in [5.41, 5.74) is 1.45. The molecule has 0 saturated heterocycles. The van der Waals surface area contributed by atoms with Crippen LogP contribution in [0.1, 0.15) is 18.4 Å². The van der Waals surface area contributed by atoms with Crippen LogP contribution in [-0.4, -0.2) is 17.4 Å². The van der Waals surface area contributed by atoms with Crippen molar-refractivity contribution in [2.75, 3.05) is 0 Å². The Kier molecular flexibility index (Phi) is 4.96. The molecule has 1 nitrogen and oxygen atoms in total. The van der Waals surface area contributed by atoms with E-state index < -0.39 is 17.4 Å². The van der Waals surface area contributed by atoms with E-state index in [0.29, 0.717) is 5.92 Å². The van der Waals surface area contributed by atoms with Crippen molar-refractivity contribution in [3.05, 3.63) is 35.9 Å². The van der Waals surface area contributed by atoms with E-state index in [9.17, 15) is 0 Å². The van der Waals surface area contributed by atoms with Crippen LogP contribution in [0.25, 0.3) is 0 Å². The molecule has 16 heavy (non-hydrogen) atoms. The third kappa shape index (κ3) is 5.10. The van der Waals surface area contributed by atoms with E-state index in [1.807, 2.05) is 0 Å². The first-order valence-corrected chi connectivity index (χ1v) is 12.0. The number of hydrogen-bond acceptors (Lipinski definition) is 1. The Balaban J connectivity index is 2.49. The fourth-order valence-electron chi connectivity index (χ4n) is 2.07. The minimum atomic E-state index is -1.33. The van der Waals surface area contributed by atoms with Gasteiger partial charge in [0, 0.05) is 0 Å². The first-order chi connectivity index (χ1) is 7.38. The first kappa shape index (κ1) is 13.7. The predicted octanol–water partition coefficient (Wildman–Crippen LogP) is 4.00. The molecule has 2 unspecified atom stereocenters. The molecule has 0 fully saturated rings. The van der Waals surface area contributed by atoms with Crippen LogP contribution in [-0.2, 0) is 4.12 Å². The lowest BCUT2D eigenvalue weighted by Gasteiger charge is -2.25. The van der Waals surface area contributed by atoms with Crippen LogP contribution in [0.4, 0.5) is 0 Å². The van der Waals surface area contributed by atoms with Gasteiger partial charge in [0.05, 0.1) is 0 Å². The van der Waals surface area contributed by atoms with Crippen LogP contribution in [0.3, 0.4) is 0 Å². The lowest BCUT2D eigenvalue weighted by molar-refractivity contribution is 0.565. The summed E-state index contributed by atoms with van der Waals surface area (Å²) in [7, 11) is -2.32. The van der Waals surface area contributed by atoms with Crippen LogP contribution >= 0.6 is 0 Å². The van der Waals surface area contributed by atoms with Crippen LogP contribution in [0.2, 0.25) is 32.2 Å². The van der Waals surface area contributed by atoms with Gasteiger partial charge in [-0.3, -0.25) is 0 Å². The summed E-state index contributed by atoms with van der Waals surface area (Å²) in [5.74, 6) is 0.638. The van der Waals surface area contributed by atoms with Crippen molar-refractivity contribution in [1.82, 2.24) is 0 Å². The zero-order valence-corrected chi connectivity index (χ0v) is 13.3. The molecule has 0 saturated carbocycles. The van der Waals surface area contributed by atoms with Gasteiger partial charge in [0.2, 0.25) is 0 Å². The molecule has 0 amide bonds. The molecule has 90 valence electrons. The van der Waals surface area contributed by atoms with Gasteiger partial charge in [-0.1, -0.05) is 37.3 Å². The van der Waals surface area contributed by atoms with Crippen LogP contribution in [0.15, 0.2) is 30.3 Å². The van der Waals surface area contributed by atoms with Crippen LogP contribution < -0.4 is 0 Å². The number of rotatable bonds is 5. The molecule has 0 bridgehead atoms. The highest BCUT2D eigenvalue weighted by atomic mass is 28.4. The predicted molar refractivity (Wildman–Crippen MR) is 77.1 cm³/mol. The fraction of sp³-hybridized carbons (Fsp3) is 0.538. The van der Waals surface area contributed by atoms with Gasteiger partial charge >= 0.3 is 0 Å². The van der Waals surface area contributed by atoms with Crippen molar-refractivity contribution in [2.45, 2.75) is 45.1 Å². The molecule has 2 atom stereocenters. The van der Waals surface area contributed by atoms with Gasteiger partial charge in [-0.25, -0.2) is 0 Å². The average molecular weight is 253 g/mol. The highest BCUT2D eigenvalue weighted by Gasteiger charge is 2.20. The molecule has 0 radical (unpaired) electrons. The quantitative estimate of drug-likeness (QED) is 0.720. The smallest absolute Gasteiger partial charge is 0.170 e. The van der Waals surface area contributed by atoms with Gasteiger partial charge in [0.15, 0.2) is 17.4 Å². The third-order valence-corrected chi connectivity index (χ3v) is 8.42. The van der Waals surface area contributed by atoms with Gasteiger partial charge in [-0.05, 0) is 43.7 Å². The van der Waals surface area contributed by atoms with E-state index in [1.165, 1.54) is 11.6 Å². The lowest BCUT2D eigenvalue weighted by atomic mass is 10.0. The number of hydrogen-bond donors (Lipinski definition) is 0. The summed E-state index contributed by atoms with van der Waals surface area (Å²) in [4.78, 5) is 0. The van der Waals surface area contributed by atoms with Gasteiger partial charge in [0.1, 0.15) is 0 Å². The molecule has 0 heterocycles. The summed E-state index contributed by atoms with van der Waals surface area (Å²) < 4.78 is 6.21. The number of benzene rings is 1. The van der Waals surface area contributed by atoms with Crippen molar-refractivity contribution in [3.8, 4) is 0 Å². The topological polar surface area (TPSA) is 9.23 Å². The average Bonchev–Trinajstić information content (AvgIpc) is 2.16. The second-order valence-corrected chi connectivity index (χ2v) is 12.8. The molecule has 3 heteroatoms. The maximum Gasteiger partial charge on any atom is 0.170 e. The molecule has 0 aliphatic carbocycles. The van der Waals surface area contributed by atoms with Crippen molar-refractivity contribution >= 4 is 17.4 Å². The Morgan fingerprint density at radius 1 is 1.19 bits per heavy atom. The van der Waals surface area contributed by atoms with Gasteiger partial charge < -0.3 is 4.12 Å². The molecule has 1 aromatic rings. The Morgan fingerprint density at radius 2 is 1.75 bits per heavy atom. The summed E-state index contributed by atoms with van der Waals surface area (Å²) in [6, 6.07) is 12.0. The van der Waals surface area contributed by atoms with E-state index in [1.54, 1.807) is 0 Å². The zero-order chi connectivity index (χ0) is 12.2. The Morgan fingerprint density at radius 3 is 2.25 bits per heavy atom. The van der Waals surface area contributed by atoms with Crippen molar-refractivity contribution in [1.29, 1.82) is 0 Å². The minimum absolute atomic E-state index is 0.638. The molecular weight excluding hydrogens is 228 g/mol. The maximum absolute atomic E-state index is 6.21. The lowest BCUT2D eigenvalue weighted by Crippen LogP contribution is -2.33. The van der Waals surface area contributed by atoms with Gasteiger partial charge in [-0.2, -0.15) is 0 Å². The van der Waals surface area contributed by atoms with E-state index in [0.717, 1.165) is 0 Å². The van der Waals surface area contributed by atoms with Crippen molar-refractivity contribution in [2.24, 2.45) is 0 Å². The molecule has 0 aliphatic rings. The summed E-state index contributed by atoms with van der Waals surface area (Å²) in [6.07, 6.45) is 0. The molecule has 0 aliphatic heterocycles. The van der Waals surface area contributed by atoms with E-state index >= 15 is 0 Å². The van der Waals surface area contributed by atoms with Crippen LogP contribution in [0, 0.1) is 0 Å². The highest BCUT2D eigenvalue weighted by molar-refractivity contribution is 6.77. The summed E-state index contributed by atoms with van der Waals surface area (Å²) in [5, 5.41) is 0. The molecular formula is C13H24OSi2. The van der Waals surface area contributed by atoms with E-state index in [2.05, 4.69) is 63.4 Å². The molecule has 0 N–H and O–H groups in total. The second-order valence-electron chi connectivity index (χ2n) is 5.59. The third-order valence-electron chi connectivity index (χ3n) is 2.61. The first-order valence-electron chi connectivity index (χ1n) is 6.11. The highest BCUT2D eigenvalue weighted by Crippen LogP contribution is 2.22.